The van der Waals surface area contributed by atoms with Crippen LogP contribution in [-0.4, -0.2) is 16.9 Å². The smallest absolute Gasteiger partial charge is 0.0966 e. The molecule has 32 heavy (non-hydrogen) atoms. The maximum atomic E-state index is 5.07. The van der Waals surface area contributed by atoms with E-state index < -0.39 is 0 Å². The van der Waals surface area contributed by atoms with Gasteiger partial charge in [-0.2, -0.15) is 0 Å². The Morgan fingerprint density at radius 3 is 2.03 bits per heavy atom. The summed E-state index contributed by atoms with van der Waals surface area (Å²) in [7, 11) is 0. The highest BCUT2D eigenvalue weighted by atomic mass is 14.8. The van der Waals surface area contributed by atoms with Gasteiger partial charge in [0, 0.05) is 5.56 Å². The van der Waals surface area contributed by atoms with Crippen molar-refractivity contribution >= 4 is 23.3 Å². The predicted octanol–water partition coefficient (Wildman–Crippen LogP) is 7.13. The maximum Gasteiger partial charge on any atom is 0.0966 e. The van der Waals surface area contributed by atoms with Crippen LogP contribution in [0.15, 0.2) is 107 Å². The quantitative estimate of drug-likeness (QED) is 0.295. The molecule has 0 saturated carbocycles. The van der Waals surface area contributed by atoms with E-state index in [0.29, 0.717) is 0 Å². The lowest BCUT2D eigenvalue weighted by atomic mass is 10.1. The Bertz CT molecular complexity index is 1240. The molecule has 1 heterocycles. The summed E-state index contributed by atoms with van der Waals surface area (Å²) < 4.78 is 0. The predicted molar refractivity (Wildman–Crippen MR) is 135 cm³/mol. The van der Waals surface area contributed by atoms with Gasteiger partial charge in [0.15, 0.2) is 0 Å². The molecule has 0 fully saturated rings. The van der Waals surface area contributed by atoms with Gasteiger partial charge < -0.3 is 0 Å². The van der Waals surface area contributed by atoms with Crippen LogP contribution in [0.5, 0.6) is 0 Å². The van der Waals surface area contributed by atoms with Crippen molar-refractivity contribution in [3.05, 3.63) is 125 Å². The number of hydrogen-bond acceptors (Lipinski definition) is 3. The third-order valence-electron chi connectivity index (χ3n) is 5.37. The van der Waals surface area contributed by atoms with Crippen molar-refractivity contribution in [1.82, 2.24) is 4.98 Å². The Morgan fingerprint density at radius 1 is 0.688 bits per heavy atom. The number of pyridine rings is 1. The fourth-order valence-corrected chi connectivity index (χ4v) is 3.63. The lowest BCUT2D eigenvalue weighted by Crippen LogP contribution is -2.07. The van der Waals surface area contributed by atoms with E-state index in [-0.39, 0.29) is 0 Å². The molecule has 0 aliphatic carbocycles. The summed E-state index contributed by atoms with van der Waals surface area (Å²) in [4.78, 5) is 14.7. The molecule has 158 valence electrons. The molecule has 0 N–H and O–H groups in total. The van der Waals surface area contributed by atoms with Gasteiger partial charge in [-0.05, 0) is 48.2 Å². The monoisotopic (exact) mass is 417 g/mol. The van der Waals surface area contributed by atoms with Crippen LogP contribution in [0.25, 0.3) is 0 Å². The molecule has 0 atom stereocenters. The second-order valence-corrected chi connectivity index (χ2v) is 7.50. The molecule has 1 aromatic heterocycles. The van der Waals surface area contributed by atoms with Crippen LogP contribution in [-0.2, 0) is 12.8 Å². The van der Waals surface area contributed by atoms with Crippen LogP contribution in [0.4, 0.5) is 11.4 Å². The normalized spacial score (nSPS) is 11.8. The summed E-state index contributed by atoms with van der Waals surface area (Å²) >= 11 is 0. The lowest BCUT2D eigenvalue weighted by molar-refractivity contribution is 1.13. The second-order valence-electron chi connectivity index (χ2n) is 7.50. The zero-order valence-electron chi connectivity index (χ0n) is 18.6. The molecule has 0 aliphatic heterocycles. The molecular formula is C29H27N3. The molecule has 0 unspecified atom stereocenters. The lowest BCUT2D eigenvalue weighted by Gasteiger charge is -2.10. The average Bonchev–Trinajstić information content (AvgIpc) is 2.87. The molecule has 3 aromatic carbocycles. The van der Waals surface area contributed by atoms with Crippen molar-refractivity contribution in [2.75, 3.05) is 0 Å². The third-order valence-corrected chi connectivity index (χ3v) is 5.37. The van der Waals surface area contributed by atoms with Gasteiger partial charge in [-0.1, -0.05) is 86.6 Å². The summed E-state index contributed by atoms with van der Waals surface area (Å²) in [5.74, 6) is 0. The van der Waals surface area contributed by atoms with E-state index in [4.69, 9.17) is 15.0 Å². The summed E-state index contributed by atoms with van der Waals surface area (Å²) in [6.45, 7) is 4.30. The minimum absolute atomic E-state index is 0.806. The van der Waals surface area contributed by atoms with E-state index in [0.717, 1.165) is 46.9 Å². The van der Waals surface area contributed by atoms with Crippen molar-refractivity contribution in [3.63, 3.8) is 0 Å². The number of aromatic nitrogens is 1. The number of rotatable bonds is 7. The molecule has 0 amide bonds. The number of aliphatic imine (C=N–C) groups is 2. The zero-order chi connectivity index (χ0) is 22.2. The van der Waals surface area contributed by atoms with Crippen LogP contribution < -0.4 is 0 Å². The SMILES string of the molecule is CCc1ccccc1N=Cc1cccc(C(=Nc2ccccc2CC)c2ccccc2)n1. The van der Waals surface area contributed by atoms with Crippen molar-refractivity contribution in [2.45, 2.75) is 26.7 Å². The Morgan fingerprint density at radius 2 is 1.31 bits per heavy atom. The van der Waals surface area contributed by atoms with E-state index in [1.807, 2.05) is 66.9 Å². The molecule has 0 bridgehead atoms. The second kappa shape index (κ2) is 10.5. The van der Waals surface area contributed by atoms with Gasteiger partial charge in [0.05, 0.1) is 34.7 Å². The van der Waals surface area contributed by atoms with Gasteiger partial charge >= 0.3 is 0 Å². The van der Waals surface area contributed by atoms with E-state index in [1.54, 1.807) is 0 Å². The van der Waals surface area contributed by atoms with Crippen LogP contribution >= 0.6 is 0 Å². The van der Waals surface area contributed by atoms with Crippen LogP contribution in [0.2, 0.25) is 0 Å². The highest BCUT2D eigenvalue weighted by molar-refractivity contribution is 6.13. The van der Waals surface area contributed by atoms with Crippen LogP contribution in [0.1, 0.15) is 41.9 Å². The third kappa shape index (κ3) is 5.06. The largest absolute Gasteiger partial charge is 0.254 e. The number of nitrogens with zero attached hydrogens (tertiary/aromatic N) is 3. The van der Waals surface area contributed by atoms with Crippen molar-refractivity contribution in [2.24, 2.45) is 9.98 Å². The van der Waals surface area contributed by atoms with Crippen molar-refractivity contribution in [3.8, 4) is 0 Å². The highest BCUT2D eigenvalue weighted by Crippen LogP contribution is 2.23. The number of benzene rings is 3. The molecular weight excluding hydrogens is 390 g/mol. The first-order chi connectivity index (χ1) is 15.8. The Balaban J connectivity index is 1.76. The molecule has 3 nitrogen and oxygen atoms in total. The van der Waals surface area contributed by atoms with Crippen LogP contribution in [0, 0.1) is 0 Å². The van der Waals surface area contributed by atoms with Gasteiger partial charge in [0.2, 0.25) is 0 Å². The van der Waals surface area contributed by atoms with Crippen LogP contribution in [0.3, 0.4) is 0 Å². The van der Waals surface area contributed by atoms with Gasteiger partial charge in [-0.15, -0.1) is 0 Å². The van der Waals surface area contributed by atoms with Gasteiger partial charge in [-0.3, -0.25) is 4.99 Å². The topological polar surface area (TPSA) is 37.6 Å². The first-order valence-corrected chi connectivity index (χ1v) is 11.1. The summed E-state index contributed by atoms with van der Waals surface area (Å²) in [6.07, 6.45) is 3.71. The molecule has 4 rings (SSSR count). The minimum atomic E-state index is 0.806. The summed E-state index contributed by atoms with van der Waals surface area (Å²) in [5, 5.41) is 0. The number of hydrogen-bond donors (Lipinski definition) is 0. The molecule has 3 heteroatoms. The first kappa shape index (κ1) is 21.4. The van der Waals surface area contributed by atoms with Crippen molar-refractivity contribution < 1.29 is 0 Å². The average molecular weight is 418 g/mol. The molecule has 0 saturated heterocycles. The number of para-hydroxylation sites is 2. The molecule has 0 aliphatic rings. The molecule has 0 spiro atoms. The molecule has 0 radical (unpaired) electrons. The van der Waals surface area contributed by atoms with E-state index in [2.05, 4.69) is 50.2 Å². The first-order valence-electron chi connectivity index (χ1n) is 11.1. The molecule has 4 aromatic rings. The summed E-state index contributed by atoms with van der Waals surface area (Å²) in [5.41, 5.74) is 7.93. The fraction of sp³-hybridized carbons (Fsp3) is 0.138. The Hall–Kier alpha value is -3.85. The number of aryl methyl sites for hydroxylation is 2. The van der Waals surface area contributed by atoms with Crippen molar-refractivity contribution in [1.29, 1.82) is 0 Å². The van der Waals surface area contributed by atoms with Gasteiger partial charge in [0.1, 0.15) is 0 Å². The fourth-order valence-electron chi connectivity index (χ4n) is 3.63. The van der Waals surface area contributed by atoms with Gasteiger partial charge in [0.25, 0.3) is 0 Å². The Labute approximate surface area is 190 Å². The standard InChI is InChI=1S/C29H27N3/c1-3-22-13-8-10-18-26(22)30-21-25-17-12-20-28(31-25)29(24-15-6-5-7-16-24)32-27-19-11-9-14-23(27)4-2/h5-21H,3-4H2,1-2H3. The van der Waals surface area contributed by atoms with E-state index >= 15 is 0 Å². The zero-order valence-corrected chi connectivity index (χ0v) is 18.6. The van der Waals surface area contributed by atoms with Gasteiger partial charge in [-0.25, -0.2) is 9.98 Å². The maximum absolute atomic E-state index is 5.07. The summed E-state index contributed by atoms with van der Waals surface area (Å²) in [6, 6.07) is 32.7. The Kier molecular flexibility index (Phi) is 6.98. The van der Waals surface area contributed by atoms with E-state index in [1.165, 1.54) is 11.1 Å². The van der Waals surface area contributed by atoms with E-state index in [9.17, 15) is 0 Å². The minimum Gasteiger partial charge on any atom is -0.254 e. The highest BCUT2D eigenvalue weighted by Gasteiger charge is 2.11.